The fourth-order valence-electron chi connectivity index (χ4n) is 1.37. The number of aliphatic hydroxyl groups is 1. The van der Waals surface area contributed by atoms with Crippen LogP contribution in [-0.2, 0) is 0 Å². The number of benzene rings is 1. The number of hydrogen-bond donors (Lipinski definition) is 2. The highest BCUT2D eigenvalue weighted by Gasteiger charge is 2.07. The Bertz CT molecular complexity index is 329. The highest BCUT2D eigenvalue weighted by Crippen LogP contribution is 2.20. The zero-order valence-corrected chi connectivity index (χ0v) is 9.45. The highest BCUT2D eigenvalue weighted by atomic mass is 19.1. The Balaban J connectivity index is 2.53. The summed E-state index contributed by atoms with van der Waals surface area (Å²) in [6, 6.07) is 4.38. The van der Waals surface area contributed by atoms with E-state index in [4.69, 9.17) is 15.6 Å². The van der Waals surface area contributed by atoms with E-state index in [1.54, 1.807) is 19.1 Å². The number of unbranched alkanes of at least 4 members (excludes halogenated alkanes) is 1. The van der Waals surface area contributed by atoms with Gasteiger partial charge in [-0.05, 0) is 25.8 Å². The molecule has 0 saturated heterocycles. The van der Waals surface area contributed by atoms with Gasteiger partial charge in [-0.25, -0.2) is 4.39 Å². The zero-order valence-electron chi connectivity index (χ0n) is 9.45. The van der Waals surface area contributed by atoms with Gasteiger partial charge in [0.1, 0.15) is 11.6 Å². The predicted octanol–water partition coefficient (Wildman–Crippen LogP) is 2.00. The second-order valence-electron chi connectivity index (χ2n) is 3.75. The lowest BCUT2D eigenvalue weighted by molar-refractivity contribution is 0.252. The summed E-state index contributed by atoms with van der Waals surface area (Å²) in [5, 5.41) is 8.58. The van der Waals surface area contributed by atoms with E-state index in [0.717, 1.165) is 6.42 Å². The Hall–Kier alpha value is -1.13. The molecule has 0 radical (unpaired) electrons. The minimum absolute atomic E-state index is 0.154. The topological polar surface area (TPSA) is 55.5 Å². The SMILES string of the molecule is CC(N)c1ccc(OCCCCO)cc1F. The van der Waals surface area contributed by atoms with E-state index < -0.39 is 0 Å². The number of aliphatic hydroxyl groups excluding tert-OH is 1. The summed E-state index contributed by atoms with van der Waals surface area (Å²) < 4.78 is 18.8. The summed E-state index contributed by atoms with van der Waals surface area (Å²) in [4.78, 5) is 0. The highest BCUT2D eigenvalue weighted by molar-refractivity contribution is 5.30. The fraction of sp³-hybridized carbons (Fsp3) is 0.500. The first-order valence-electron chi connectivity index (χ1n) is 5.44. The molecule has 1 aromatic rings. The van der Waals surface area contributed by atoms with Crippen molar-refractivity contribution in [3.05, 3.63) is 29.6 Å². The molecule has 0 bridgehead atoms. The van der Waals surface area contributed by atoms with E-state index in [1.807, 2.05) is 0 Å². The van der Waals surface area contributed by atoms with Gasteiger partial charge in [0.2, 0.25) is 0 Å². The first-order valence-corrected chi connectivity index (χ1v) is 5.44. The molecule has 1 atom stereocenters. The Kier molecular flexibility index (Phi) is 5.22. The van der Waals surface area contributed by atoms with Crippen LogP contribution in [0.2, 0.25) is 0 Å². The molecule has 1 unspecified atom stereocenters. The third-order valence-electron chi connectivity index (χ3n) is 2.28. The molecule has 3 nitrogen and oxygen atoms in total. The molecule has 0 fully saturated rings. The molecule has 0 heterocycles. The molecular weight excluding hydrogens is 209 g/mol. The van der Waals surface area contributed by atoms with Crippen LogP contribution < -0.4 is 10.5 Å². The summed E-state index contributed by atoms with van der Waals surface area (Å²) in [6.45, 7) is 2.37. The summed E-state index contributed by atoms with van der Waals surface area (Å²) in [5.74, 6) is 0.162. The maximum absolute atomic E-state index is 13.5. The molecule has 0 spiro atoms. The summed E-state index contributed by atoms with van der Waals surface area (Å²) in [7, 11) is 0. The zero-order chi connectivity index (χ0) is 12.0. The van der Waals surface area contributed by atoms with Crippen molar-refractivity contribution in [1.82, 2.24) is 0 Å². The fourth-order valence-corrected chi connectivity index (χ4v) is 1.37. The van der Waals surface area contributed by atoms with Crippen LogP contribution in [0.15, 0.2) is 18.2 Å². The second-order valence-corrected chi connectivity index (χ2v) is 3.75. The Labute approximate surface area is 95.0 Å². The van der Waals surface area contributed by atoms with Crippen molar-refractivity contribution in [2.45, 2.75) is 25.8 Å². The van der Waals surface area contributed by atoms with Gasteiger partial charge in [0.05, 0.1) is 6.61 Å². The Morgan fingerprint density at radius 1 is 1.44 bits per heavy atom. The molecule has 1 aromatic carbocycles. The maximum atomic E-state index is 13.5. The molecular formula is C12H18FNO2. The predicted molar refractivity (Wildman–Crippen MR) is 60.8 cm³/mol. The molecule has 0 aliphatic carbocycles. The number of hydrogen-bond acceptors (Lipinski definition) is 3. The van der Waals surface area contributed by atoms with Crippen LogP contribution in [0.25, 0.3) is 0 Å². The summed E-state index contributed by atoms with van der Waals surface area (Å²) >= 11 is 0. The van der Waals surface area contributed by atoms with Gasteiger partial charge in [-0.15, -0.1) is 0 Å². The molecule has 0 aliphatic heterocycles. The van der Waals surface area contributed by atoms with Gasteiger partial charge in [-0.2, -0.15) is 0 Å². The van der Waals surface area contributed by atoms with E-state index in [1.165, 1.54) is 6.07 Å². The average Bonchev–Trinajstić information content (AvgIpc) is 2.24. The van der Waals surface area contributed by atoms with Crippen LogP contribution >= 0.6 is 0 Å². The Morgan fingerprint density at radius 3 is 2.75 bits per heavy atom. The van der Waals surface area contributed by atoms with Gasteiger partial charge in [0.15, 0.2) is 0 Å². The molecule has 16 heavy (non-hydrogen) atoms. The lowest BCUT2D eigenvalue weighted by Crippen LogP contribution is -2.07. The van der Waals surface area contributed by atoms with Crippen molar-refractivity contribution in [2.24, 2.45) is 5.73 Å². The normalized spacial score (nSPS) is 12.5. The van der Waals surface area contributed by atoms with Gasteiger partial charge in [-0.1, -0.05) is 6.07 Å². The standard InChI is InChI=1S/C12H18FNO2/c1-9(14)11-5-4-10(8-12(11)13)16-7-3-2-6-15/h4-5,8-9,15H,2-3,6-7,14H2,1H3. The molecule has 0 amide bonds. The van der Waals surface area contributed by atoms with E-state index in [0.29, 0.717) is 24.3 Å². The van der Waals surface area contributed by atoms with Crippen LogP contribution in [-0.4, -0.2) is 18.3 Å². The number of ether oxygens (including phenoxy) is 1. The van der Waals surface area contributed by atoms with Crippen molar-refractivity contribution < 1.29 is 14.2 Å². The molecule has 0 aromatic heterocycles. The Morgan fingerprint density at radius 2 is 2.19 bits per heavy atom. The third kappa shape index (κ3) is 3.79. The van der Waals surface area contributed by atoms with Crippen LogP contribution in [0.4, 0.5) is 4.39 Å². The van der Waals surface area contributed by atoms with Gasteiger partial charge < -0.3 is 15.6 Å². The smallest absolute Gasteiger partial charge is 0.131 e. The van der Waals surface area contributed by atoms with Crippen LogP contribution in [0.1, 0.15) is 31.4 Å². The molecule has 0 saturated carbocycles. The van der Waals surface area contributed by atoms with Gasteiger partial charge in [0, 0.05) is 24.3 Å². The minimum atomic E-state index is -0.338. The first-order chi connectivity index (χ1) is 7.65. The maximum Gasteiger partial charge on any atom is 0.131 e. The summed E-state index contributed by atoms with van der Waals surface area (Å²) in [5.41, 5.74) is 6.08. The van der Waals surface area contributed by atoms with Crippen molar-refractivity contribution in [2.75, 3.05) is 13.2 Å². The quantitative estimate of drug-likeness (QED) is 0.731. The minimum Gasteiger partial charge on any atom is -0.493 e. The number of rotatable bonds is 6. The average molecular weight is 227 g/mol. The van der Waals surface area contributed by atoms with Gasteiger partial charge in [0.25, 0.3) is 0 Å². The monoisotopic (exact) mass is 227 g/mol. The second kappa shape index (κ2) is 6.45. The molecule has 1 rings (SSSR count). The lowest BCUT2D eigenvalue weighted by Gasteiger charge is -2.10. The summed E-state index contributed by atoms with van der Waals surface area (Å²) in [6.07, 6.45) is 1.45. The van der Waals surface area contributed by atoms with Gasteiger partial charge in [-0.3, -0.25) is 0 Å². The van der Waals surface area contributed by atoms with Crippen LogP contribution in [0, 0.1) is 5.82 Å². The van der Waals surface area contributed by atoms with Crippen molar-refractivity contribution in [1.29, 1.82) is 0 Å². The third-order valence-corrected chi connectivity index (χ3v) is 2.28. The van der Waals surface area contributed by atoms with Crippen LogP contribution in [0.3, 0.4) is 0 Å². The van der Waals surface area contributed by atoms with Gasteiger partial charge >= 0.3 is 0 Å². The van der Waals surface area contributed by atoms with Crippen molar-refractivity contribution in [3.8, 4) is 5.75 Å². The molecule has 3 N–H and O–H groups in total. The van der Waals surface area contributed by atoms with Crippen LogP contribution in [0.5, 0.6) is 5.75 Å². The van der Waals surface area contributed by atoms with E-state index >= 15 is 0 Å². The van der Waals surface area contributed by atoms with Crippen molar-refractivity contribution in [3.63, 3.8) is 0 Å². The van der Waals surface area contributed by atoms with E-state index in [9.17, 15) is 4.39 Å². The van der Waals surface area contributed by atoms with E-state index in [2.05, 4.69) is 0 Å². The molecule has 0 aliphatic rings. The van der Waals surface area contributed by atoms with Crippen molar-refractivity contribution >= 4 is 0 Å². The largest absolute Gasteiger partial charge is 0.493 e. The van der Waals surface area contributed by atoms with E-state index in [-0.39, 0.29) is 18.5 Å². The number of nitrogens with two attached hydrogens (primary N) is 1. The molecule has 4 heteroatoms. The number of halogens is 1. The lowest BCUT2D eigenvalue weighted by atomic mass is 10.1. The molecule has 90 valence electrons. The first kappa shape index (κ1) is 12.9.